The van der Waals surface area contributed by atoms with Crippen LogP contribution in [0.1, 0.15) is 51.4 Å². The van der Waals surface area contributed by atoms with Crippen molar-refractivity contribution in [2.24, 2.45) is 5.92 Å². The van der Waals surface area contributed by atoms with E-state index in [1.54, 1.807) is 0 Å². The Labute approximate surface area is 133 Å². The molecule has 0 aromatic rings. The van der Waals surface area contributed by atoms with Crippen molar-refractivity contribution in [1.82, 2.24) is 9.80 Å². The highest BCUT2D eigenvalue weighted by Gasteiger charge is 2.38. The Hall–Kier alpha value is -1.10. The Kier molecular flexibility index (Phi) is 5.34. The maximum atomic E-state index is 13.0. The normalized spacial score (nSPS) is 31.0. The molecule has 0 N–H and O–H groups in total. The molecule has 2 heterocycles. The van der Waals surface area contributed by atoms with Crippen LogP contribution in [0.5, 0.6) is 0 Å². The van der Waals surface area contributed by atoms with E-state index in [4.69, 9.17) is 4.74 Å². The number of ketones is 1. The van der Waals surface area contributed by atoms with E-state index in [1.807, 2.05) is 9.80 Å². The standard InChI is InChI=1S/C17H28N2O3/c20-16-8-4-3-6-14(16)15-7-2-1-5-9-19(15)17(21)18-10-12-22-13-11-18/h14-15H,1-13H2/t14-,15-/m1/s1. The van der Waals surface area contributed by atoms with E-state index in [0.29, 0.717) is 38.5 Å². The Morgan fingerprint density at radius 1 is 0.955 bits per heavy atom. The van der Waals surface area contributed by atoms with Crippen LogP contribution in [-0.2, 0) is 9.53 Å². The van der Waals surface area contributed by atoms with E-state index < -0.39 is 0 Å². The van der Waals surface area contributed by atoms with Crippen molar-refractivity contribution >= 4 is 11.8 Å². The molecule has 2 atom stereocenters. The van der Waals surface area contributed by atoms with Crippen LogP contribution >= 0.6 is 0 Å². The van der Waals surface area contributed by atoms with Gasteiger partial charge in [0.05, 0.1) is 13.2 Å². The summed E-state index contributed by atoms with van der Waals surface area (Å²) in [5, 5.41) is 0. The number of amides is 2. The maximum absolute atomic E-state index is 13.0. The van der Waals surface area contributed by atoms with Gasteiger partial charge in [0, 0.05) is 38.0 Å². The smallest absolute Gasteiger partial charge is 0.320 e. The molecule has 2 saturated heterocycles. The molecule has 0 radical (unpaired) electrons. The van der Waals surface area contributed by atoms with Gasteiger partial charge in [0.1, 0.15) is 5.78 Å². The van der Waals surface area contributed by atoms with Crippen LogP contribution in [-0.4, -0.2) is 60.5 Å². The molecule has 3 rings (SSSR count). The summed E-state index contributed by atoms with van der Waals surface area (Å²) in [7, 11) is 0. The van der Waals surface area contributed by atoms with Crippen molar-refractivity contribution in [1.29, 1.82) is 0 Å². The topological polar surface area (TPSA) is 49.9 Å². The van der Waals surface area contributed by atoms with Gasteiger partial charge in [0.25, 0.3) is 0 Å². The number of morpholine rings is 1. The first-order chi connectivity index (χ1) is 10.8. The minimum Gasteiger partial charge on any atom is -0.378 e. The zero-order valence-corrected chi connectivity index (χ0v) is 13.5. The number of likely N-dealkylation sites (tertiary alicyclic amines) is 1. The lowest BCUT2D eigenvalue weighted by atomic mass is 9.80. The van der Waals surface area contributed by atoms with Crippen molar-refractivity contribution in [2.45, 2.75) is 57.4 Å². The van der Waals surface area contributed by atoms with Gasteiger partial charge < -0.3 is 14.5 Å². The fraction of sp³-hybridized carbons (Fsp3) is 0.882. The average molecular weight is 308 g/mol. The van der Waals surface area contributed by atoms with Gasteiger partial charge in [-0.2, -0.15) is 0 Å². The predicted octanol–water partition coefficient (Wildman–Crippen LogP) is 2.44. The van der Waals surface area contributed by atoms with Crippen molar-refractivity contribution in [3.05, 3.63) is 0 Å². The Morgan fingerprint density at radius 2 is 1.73 bits per heavy atom. The summed E-state index contributed by atoms with van der Waals surface area (Å²) in [6.07, 6.45) is 8.20. The van der Waals surface area contributed by atoms with Crippen molar-refractivity contribution < 1.29 is 14.3 Å². The molecule has 2 aliphatic heterocycles. The molecule has 0 unspecified atom stereocenters. The third-order valence-corrected chi connectivity index (χ3v) is 5.39. The SMILES string of the molecule is O=C1CCCC[C@@H]1[C@H]1CCCCCN1C(=O)N1CCOCC1. The Bertz CT molecular complexity index is 407. The number of nitrogens with zero attached hydrogens (tertiary/aromatic N) is 2. The van der Waals surface area contributed by atoms with Gasteiger partial charge in [-0.15, -0.1) is 0 Å². The van der Waals surface area contributed by atoms with E-state index in [2.05, 4.69) is 0 Å². The van der Waals surface area contributed by atoms with Gasteiger partial charge >= 0.3 is 6.03 Å². The first kappa shape index (κ1) is 15.8. The molecule has 0 spiro atoms. The molecular formula is C17H28N2O3. The fourth-order valence-electron chi connectivity index (χ4n) is 4.14. The molecule has 3 aliphatic rings. The molecule has 5 heteroatoms. The lowest BCUT2D eigenvalue weighted by Gasteiger charge is -2.40. The van der Waals surface area contributed by atoms with Gasteiger partial charge in [-0.1, -0.05) is 19.3 Å². The number of hydrogen-bond donors (Lipinski definition) is 0. The van der Waals surface area contributed by atoms with Crippen LogP contribution in [0.2, 0.25) is 0 Å². The molecule has 3 fully saturated rings. The molecule has 124 valence electrons. The van der Waals surface area contributed by atoms with E-state index in [-0.39, 0.29) is 18.0 Å². The average Bonchev–Trinajstić information content (AvgIpc) is 2.81. The Morgan fingerprint density at radius 3 is 2.50 bits per heavy atom. The summed E-state index contributed by atoms with van der Waals surface area (Å²) in [5.74, 6) is 0.467. The van der Waals surface area contributed by atoms with E-state index in [1.165, 1.54) is 6.42 Å². The summed E-state index contributed by atoms with van der Waals surface area (Å²) >= 11 is 0. The van der Waals surface area contributed by atoms with Crippen molar-refractivity contribution in [3.63, 3.8) is 0 Å². The summed E-state index contributed by atoms with van der Waals surface area (Å²) in [5.41, 5.74) is 0. The number of urea groups is 1. The molecule has 22 heavy (non-hydrogen) atoms. The Balaban J connectivity index is 1.74. The van der Waals surface area contributed by atoms with Crippen LogP contribution in [0.15, 0.2) is 0 Å². The number of rotatable bonds is 1. The van der Waals surface area contributed by atoms with Crippen LogP contribution < -0.4 is 0 Å². The minimum atomic E-state index is 0.0804. The van der Waals surface area contributed by atoms with Gasteiger partial charge in [-0.05, 0) is 25.7 Å². The summed E-state index contributed by atoms with van der Waals surface area (Å²) in [6.45, 7) is 3.44. The van der Waals surface area contributed by atoms with Gasteiger partial charge in [0.15, 0.2) is 0 Å². The van der Waals surface area contributed by atoms with Crippen LogP contribution in [0.4, 0.5) is 4.79 Å². The zero-order chi connectivity index (χ0) is 15.4. The predicted molar refractivity (Wildman–Crippen MR) is 83.7 cm³/mol. The number of carbonyl (C=O) groups excluding carboxylic acids is 2. The summed E-state index contributed by atoms with van der Waals surface area (Å²) < 4.78 is 5.36. The quantitative estimate of drug-likeness (QED) is 0.747. The lowest BCUT2D eigenvalue weighted by molar-refractivity contribution is -0.126. The second kappa shape index (κ2) is 7.44. The van der Waals surface area contributed by atoms with Gasteiger partial charge in [0.2, 0.25) is 0 Å². The van der Waals surface area contributed by atoms with Gasteiger partial charge in [-0.3, -0.25) is 4.79 Å². The van der Waals surface area contributed by atoms with E-state index in [0.717, 1.165) is 45.1 Å². The van der Waals surface area contributed by atoms with Crippen LogP contribution in [0.3, 0.4) is 0 Å². The van der Waals surface area contributed by atoms with Crippen LogP contribution in [0.25, 0.3) is 0 Å². The summed E-state index contributed by atoms with van der Waals surface area (Å²) in [4.78, 5) is 29.3. The van der Waals surface area contributed by atoms with Crippen LogP contribution in [0, 0.1) is 5.92 Å². The minimum absolute atomic E-state index is 0.0804. The highest BCUT2D eigenvalue weighted by atomic mass is 16.5. The number of hydrogen-bond acceptors (Lipinski definition) is 3. The molecular weight excluding hydrogens is 280 g/mol. The first-order valence-corrected chi connectivity index (χ1v) is 8.93. The molecule has 1 saturated carbocycles. The molecule has 0 bridgehead atoms. The lowest BCUT2D eigenvalue weighted by Crippen LogP contribution is -2.54. The van der Waals surface area contributed by atoms with Crippen molar-refractivity contribution in [3.8, 4) is 0 Å². The highest BCUT2D eigenvalue weighted by molar-refractivity contribution is 5.83. The number of ether oxygens (including phenoxy) is 1. The second-order valence-electron chi connectivity index (χ2n) is 6.81. The highest BCUT2D eigenvalue weighted by Crippen LogP contribution is 2.32. The monoisotopic (exact) mass is 308 g/mol. The maximum Gasteiger partial charge on any atom is 0.320 e. The van der Waals surface area contributed by atoms with E-state index >= 15 is 0 Å². The molecule has 2 amide bonds. The van der Waals surface area contributed by atoms with E-state index in [9.17, 15) is 9.59 Å². The first-order valence-electron chi connectivity index (χ1n) is 8.93. The zero-order valence-electron chi connectivity index (χ0n) is 13.5. The molecule has 0 aromatic carbocycles. The largest absolute Gasteiger partial charge is 0.378 e. The van der Waals surface area contributed by atoms with Gasteiger partial charge in [-0.25, -0.2) is 4.79 Å². The second-order valence-corrected chi connectivity index (χ2v) is 6.81. The van der Waals surface area contributed by atoms with Crippen molar-refractivity contribution in [2.75, 3.05) is 32.8 Å². The molecule has 5 nitrogen and oxygen atoms in total. The molecule has 0 aromatic heterocycles. The summed E-state index contributed by atoms with van der Waals surface area (Å²) in [6, 6.07) is 0.263. The third kappa shape index (κ3) is 3.45. The third-order valence-electron chi connectivity index (χ3n) is 5.39. The number of Topliss-reactive ketones (excluding diaryl/α,β-unsaturated/α-hetero) is 1. The fourth-order valence-corrected chi connectivity index (χ4v) is 4.14. The molecule has 1 aliphatic carbocycles. The number of carbonyl (C=O) groups is 2.